The molecule has 0 aliphatic carbocycles. The number of anilines is 1. The molecule has 2 fully saturated rings. The van der Waals surface area contributed by atoms with Gasteiger partial charge in [0.15, 0.2) is 10.9 Å². The van der Waals surface area contributed by atoms with Gasteiger partial charge in [-0.3, -0.25) is 9.59 Å². The largest absolute Gasteiger partial charge is 0.466 e. The summed E-state index contributed by atoms with van der Waals surface area (Å²) in [6, 6.07) is 6.15. The average molecular weight is 501 g/mol. The Morgan fingerprint density at radius 1 is 1.14 bits per heavy atom. The van der Waals surface area contributed by atoms with Gasteiger partial charge in [0.25, 0.3) is 5.91 Å². The molecule has 2 unspecified atom stereocenters. The number of rotatable bonds is 8. The van der Waals surface area contributed by atoms with Crippen molar-refractivity contribution in [2.45, 2.75) is 76.2 Å². The van der Waals surface area contributed by atoms with Crippen molar-refractivity contribution in [3.05, 3.63) is 35.4 Å². The SMILES string of the molecule is CCOC(=O)C1CCCN(C(=O)c2ccc(CSc3nc(CC)cc(N4CCCCC4C)n3)o2)C1. The van der Waals surface area contributed by atoms with E-state index in [1.54, 1.807) is 17.9 Å². The van der Waals surface area contributed by atoms with E-state index in [1.807, 2.05) is 6.07 Å². The van der Waals surface area contributed by atoms with Crippen molar-refractivity contribution in [2.24, 2.45) is 5.92 Å². The van der Waals surface area contributed by atoms with Crippen molar-refractivity contribution in [2.75, 3.05) is 31.1 Å². The van der Waals surface area contributed by atoms with Crippen LogP contribution in [0.15, 0.2) is 27.8 Å². The van der Waals surface area contributed by atoms with Crippen LogP contribution >= 0.6 is 11.8 Å². The zero-order chi connectivity index (χ0) is 24.8. The fraction of sp³-hybridized carbons (Fsp3) is 0.615. The molecule has 2 aliphatic rings. The van der Waals surface area contributed by atoms with Gasteiger partial charge in [-0.25, -0.2) is 9.97 Å². The van der Waals surface area contributed by atoms with Crippen molar-refractivity contribution in [3.8, 4) is 0 Å². The van der Waals surface area contributed by atoms with E-state index in [4.69, 9.17) is 19.1 Å². The predicted octanol–water partition coefficient (Wildman–Crippen LogP) is 4.72. The summed E-state index contributed by atoms with van der Waals surface area (Å²) < 4.78 is 11.0. The van der Waals surface area contributed by atoms with Gasteiger partial charge in [0, 0.05) is 37.4 Å². The van der Waals surface area contributed by atoms with Crippen molar-refractivity contribution in [1.82, 2.24) is 14.9 Å². The molecule has 2 atom stereocenters. The van der Waals surface area contributed by atoms with Gasteiger partial charge in [0.2, 0.25) is 0 Å². The first-order valence-corrected chi connectivity index (χ1v) is 13.8. The number of carbonyl (C=O) groups is 2. The maximum atomic E-state index is 13.0. The lowest BCUT2D eigenvalue weighted by molar-refractivity contribution is -0.149. The average Bonchev–Trinajstić information content (AvgIpc) is 3.36. The van der Waals surface area contributed by atoms with Crippen LogP contribution in [-0.2, 0) is 21.7 Å². The third-order valence-corrected chi connectivity index (χ3v) is 7.62. The molecule has 8 nitrogen and oxygen atoms in total. The number of esters is 1. The van der Waals surface area contributed by atoms with Gasteiger partial charge in [-0.2, -0.15) is 0 Å². The lowest BCUT2D eigenvalue weighted by Crippen LogP contribution is -2.42. The summed E-state index contributed by atoms with van der Waals surface area (Å²) in [4.78, 5) is 38.7. The second-order valence-corrected chi connectivity index (χ2v) is 10.2. The summed E-state index contributed by atoms with van der Waals surface area (Å²) in [6.45, 7) is 8.54. The molecule has 0 bridgehead atoms. The van der Waals surface area contributed by atoms with Gasteiger partial charge < -0.3 is 19.0 Å². The normalized spacial score (nSPS) is 20.7. The molecule has 0 spiro atoms. The Morgan fingerprint density at radius 2 is 2.00 bits per heavy atom. The number of nitrogens with zero attached hydrogens (tertiary/aromatic N) is 4. The highest BCUT2D eigenvalue weighted by molar-refractivity contribution is 7.98. The molecule has 1 amide bonds. The third-order valence-electron chi connectivity index (χ3n) is 6.75. The molecule has 35 heavy (non-hydrogen) atoms. The van der Waals surface area contributed by atoms with E-state index in [1.165, 1.54) is 31.0 Å². The molecule has 0 aromatic carbocycles. The summed E-state index contributed by atoms with van der Waals surface area (Å²) in [5, 5.41) is 0.731. The Labute approximate surface area is 211 Å². The van der Waals surface area contributed by atoms with E-state index in [9.17, 15) is 9.59 Å². The molecule has 2 aromatic heterocycles. The third kappa shape index (κ3) is 6.37. The van der Waals surface area contributed by atoms with Crippen molar-refractivity contribution in [1.29, 1.82) is 0 Å². The van der Waals surface area contributed by atoms with Crippen molar-refractivity contribution in [3.63, 3.8) is 0 Å². The predicted molar refractivity (Wildman–Crippen MR) is 136 cm³/mol. The number of likely N-dealkylation sites (tertiary alicyclic amines) is 1. The number of amides is 1. The fourth-order valence-corrected chi connectivity index (χ4v) is 5.53. The number of aryl methyl sites for hydroxylation is 1. The number of carbonyl (C=O) groups excluding carboxylic acids is 2. The minimum absolute atomic E-state index is 0.180. The van der Waals surface area contributed by atoms with Crippen LogP contribution in [0.5, 0.6) is 0 Å². The van der Waals surface area contributed by atoms with Gasteiger partial charge in [-0.15, -0.1) is 0 Å². The Kier molecular flexibility index (Phi) is 8.70. The molecule has 0 saturated carbocycles. The van der Waals surface area contributed by atoms with E-state index in [-0.39, 0.29) is 17.8 Å². The van der Waals surface area contributed by atoms with E-state index in [0.717, 1.165) is 42.5 Å². The first-order valence-electron chi connectivity index (χ1n) is 12.8. The van der Waals surface area contributed by atoms with Crippen molar-refractivity contribution < 1.29 is 18.7 Å². The summed E-state index contributed by atoms with van der Waals surface area (Å²) in [5.74, 6) is 1.88. The van der Waals surface area contributed by atoms with Crippen LogP contribution in [0.4, 0.5) is 5.82 Å². The zero-order valence-electron chi connectivity index (χ0n) is 21.0. The number of hydrogen-bond acceptors (Lipinski definition) is 8. The fourth-order valence-electron chi connectivity index (χ4n) is 4.77. The Balaban J connectivity index is 1.39. The zero-order valence-corrected chi connectivity index (χ0v) is 21.8. The first-order chi connectivity index (χ1) is 17.0. The molecular formula is C26H36N4O4S. The summed E-state index contributed by atoms with van der Waals surface area (Å²) in [6.07, 6.45) is 6.03. The second-order valence-electron chi connectivity index (χ2n) is 9.29. The standard InChI is InChI=1S/C26H36N4O4S/c1-4-20-15-23(30-14-7-6-9-18(30)3)28-26(27-20)35-17-21-11-12-22(34-21)24(31)29-13-8-10-19(16-29)25(32)33-5-2/h11-12,15,18-19H,4-10,13-14,16-17H2,1-3H3. The number of furan rings is 1. The number of thioether (sulfide) groups is 1. The van der Waals surface area contributed by atoms with Crippen LogP contribution in [0, 0.1) is 5.92 Å². The lowest BCUT2D eigenvalue weighted by atomic mass is 9.98. The second kappa shape index (κ2) is 11.9. The molecular weight excluding hydrogens is 464 g/mol. The van der Waals surface area contributed by atoms with Gasteiger partial charge in [-0.1, -0.05) is 18.7 Å². The first kappa shape index (κ1) is 25.5. The molecule has 4 rings (SSSR count). The van der Waals surface area contributed by atoms with E-state index in [0.29, 0.717) is 43.0 Å². The molecule has 190 valence electrons. The minimum Gasteiger partial charge on any atom is -0.466 e. The number of aromatic nitrogens is 2. The Bertz CT molecular complexity index is 1030. The molecule has 2 saturated heterocycles. The Hall–Kier alpha value is -2.55. The smallest absolute Gasteiger partial charge is 0.310 e. The van der Waals surface area contributed by atoms with E-state index in [2.05, 4.69) is 24.8 Å². The lowest BCUT2D eigenvalue weighted by Gasteiger charge is -2.34. The summed E-state index contributed by atoms with van der Waals surface area (Å²) >= 11 is 1.52. The van der Waals surface area contributed by atoms with Gasteiger partial charge in [0.1, 0.15) is 11.6 Å². The molecule has 2 aromatic rings. The van der Waals surface area contributed by atoms with Crippen LogP contribution in [0.1, 0.15) is 74.9 Å². The quantitative estimate of drug-likeness (QED) is 0.292. The number of piperidine rings is 2. The number of hydrogen-bond donors (Lipinski definition) is 0. The summed E-state index contributed by atoms with van der Waals surface area (Å²) in [7, 11) is 0. The van der Waals surface area contributed by atoms with E-state index < -0.39 is 0 Å². The van der Waals surface area contributed by atoms with Gasteiger partial charge in [-0.05, 0) is 64.5 Å². The Morgan fingerprint density at radius 3 is 2.77 bits per heavy atom. The van der Waals surface area contributed by atoms with Crippen molar-refractivity contribution >= 4 is 29.5 Å². The van der Waals surface area contributed by atoms with Gasteiger partial charge in [0.05, 0.1) is 18.3 Å². The van der Waals surface area contributed by atoms with Crippen LogP contribution in [0.3, 0.4) is 0 Å². The maximum absolute atomic E-state index is 13.0. The summed E-state index contributed by atoms with van der Waals surface area (Å²) in [5.41, 5.74) is 1.03. The molecule has 0 radical (unpaired) electrons. The highest BCUT2D eigenvalue weighted by Crippen LogP contribution is 2.28. The minimum atomic E-state index is -0.266. The monoisotopic (exact) mass is 500 g/mol. The van der Waals surface area contributed by atoms with Crippen LogP contribution in [0.2, 0.25) is 0 Å². The molecule has 0 N–H and O–H groups in total. The highest BCUT2D eigenvalue weighted by atomic mass is 32.2. The number of ether oxygens (including phenoxy) is 1. The molecule has 4 heterocycles. The van der Waals surface area contributed by atoms with Gasteiger partial charge >= 0.3 is 5.97 Å². The van der Waals surface area contributed by atoms with Crippen LogP contribution in [-0.4, -0.2) is 59.0 Å². The molecule has 9 heteroatoms. The van der Waals surface area contributed by atoms with E-state index >= 15 is 0 Å². The molecule has 2 aliphatic heterocycles. The van der Waals surface area contributed by atoms with Crippen LogP contribution < -0.4 is 4.90 Å². The highest BCUT2D eigenvalue weighted by Gasteiger charge is 2.31. The van der Waals surface area contributed by atoms with Crippen LogP contribution in [0.25, 0.3) is 0 Å². The maximum Gasteiger partial charge on any atom is 0.310 e. The topological polar surface area (TPSA) is 88.8 Å².